The Bertz CT molecular complexity index is 2390. The van der Waals surface area contributed by atoms with Gasteiger partial charge < -0.3 is 20.4 Å². The number of nitrogens with zero attached hydrogens (tertiary/aromatic N) is 6. The number of sulfone groups is 2. The third kappa shape index (κ3) is 9.87. The van der Waals surface area contributed by atoms with E-state index in [0.29, 0.717) is 46.7 Å². The van der Waals surface area contributed by atoms with Gasteiger partial charge in [-0.1, -0.05) is 50.2 Å². The molecule has 0 aliphatic heterocycles. The zero-order valence-electron chi connectivity index (χ0n) is 30.1. The van der Waals surface area contributed by atoms with E-state index in [4.69, 9.17) is 0 Å². The Morgan fingerprint density at radius 3 is 1.24 bits per heavy atom. The molecule has 0 bridgehead atoms. The minimum atomic E-state index is -3.43. The molecule has 55 heavy (non-hydrogen) atoms. The molecule has 4 aromatic carbocycles. The summed E-state index contributed by atoms with van der Waals surface area (Å²) in [7, 11) is -6.86. The second-order valence-corrected chi connectivity index (χ2v) is 16.0. The molecule has 2 aromatic heterocycles. The van der Waals surface area contributed by atoms with Crippen molar-refractivity contribution in [2.75, 3.05) is 12.5 Å². The van der Waals surface area contributed by atoms with E-state index in [9.17, 15) is 37.3 Å². The number of aliphatic imine (C=N–C) groups is 2. The molecule has 0 amide bonds. The predicted octanol–water partition coefficient (Wildman–Crippen LogP) is 6.00. The van der Waals surface area contributed by atoms with E-state index in [2.05, 4.69) is 20.2 Å². The van der Waals surface area contributed by atoms with Crippen LogP contribution in [0.5, 0.6) is 23.3 Å². The van der Waals surface area contributed by atoms with Crippen molar-refractivity contribution in [3.63, 3.8) is 0 Å². The van der Waals surface area contributed by atoms with Crippen LogP contribution in [0.25, 0.3) is 11.4 Å². The first-order chi connectivity index (χ1) is 25.6. The van der Waals surface area contributed by atoms with Crippen LogP contribution in [0.4, 0.5) is 11.4 Å². The molecule has 6 aromatic rings. The van der Waals surface area contributed by atoms with Gasteiger partial charge >= 0.3 is 0 Å². The van der Waals surface area contributed by atoms with Crippen molar-refractivity contribution in [2.24, 2.45) is 9.98 Å². The summed E-state index contributed by atoms with van der Waals surface area (Å²) in [5, 5.41) is 49.9. The van der Waals surface area contributed by atoms with Crippen LogP contribution in [0, 0.1) is 0 Å². The summed E-state index contributed by atoms with van der Waals surface area (Å²) in [6, 6.07) is 26.1. The molecule has 17 heteroatoms. The van der Waals surface area contributed by atoms with Gasteiger partial charge in [0.15, 0.2) is 19.7 Å². The third-order valence-corrected chi connectivity index (χ3v) is 10.3. The van der Waals surface area contributed by atoms with Gasteiger partial charge in [-0.05, 0) is 73.5 Å². The van der Waals surface area contributed by atoms with Gasteiger partial charge in [0.05, 0.1) is 43.7 Å². The zero-order valence-corrected chi connectivity index (χ0v) is 32.7. The van der Waals surface area contributed by atoms with E-state index in [1.54, 1.807) is 0 Å². The van der Waals surface area contributed by atoms with Gasteiger partial charge in [0, 0.05) is 41.7 Å². The number of hydrogen-bond donors (Lipinski definition) is 4. The Morgan fingerprint density at radius 2 is 0.927 bits per heavy atom. The maximum atomic E-state index is 11.7. The number of rotatable bonds is 10. The molecule has 1 radical (unpaired) electrons. The van der Waals surface area contributed by atoms with Crippen LogP contribution in [-0.4, -0.2) is 81.8 Å². The van der Waals surface area contributed by atoms with Crippen LogP contribution < -0.4 is 0 Å². The van der Waals surface area contributed by atoms with E-state index in [-0.39, 0.29) is 61.2 Å². The molecule has 0 fully saturated rings. The monoisotopic (exact) mass is 829 g/mol. The van der Waals surface area contributed by atoms with E-state index in [0.717, 1.165) is 12.5 Å². The molecule has 0 unspecified atom stereocenters. The standard InChI is InChI=1S/2C19H19N3O4S.Co/c2*1-3-16-15(19(24)22(21-16)13-7-5-4-6-8-13)12-20-17-11-14(27(2,25)26)9-10-18(17)23;/h2*4-12,23-24H,3H2,1-2H3;. The van der Waals surface area contributed by atoms with Crippen LogP contribution in [0.15, 0.2) is 117 Å². The molecule has 4 N–H and O–H groups in total. The minimum absolute atomic E-state index is 0. The number of para-hydroxylation sites is 2. The SMILES string of the molecule is CCc1nn(-c2ccccc2)c(O)c1C=Nc1cc(S(C)(=O)=O)ccc1O.CCc1nn(-c2ccccc2)c(O)c1C=Nc1cc(S(C)(=O)=O)ccc1O.[Co]. The summed E-state index contributed by atoms with van der Waals surface area (Å²) < 4.78 is 49.6. The van der Waals surface area contributed by atoms with Crippen molar-refractivity contribution in [2.45, 2.75) is 36.5 Å². The largest absolute Gasteiger partial charge is 0.506 e. The average molecular weight is 830 g/mol. The number of hydrogen-bond acceptors (Lipinski definition) is 12. The van der Waals surface area contributed by atoms with Gasteiger partial charge in [0.25, 0.3) is 0 Å². The average Bonchev–Trinajstić information content (AvgIpc) is 3.65. The number of phenolic OH excluding ortho intramolecular Hbond substituents is 2. The second kappa shape index (κ2) is 17.6. The summed E-state index contributed by atoms with van der Waals surface area (Å²) in [5.74, 6) is -0.487. The normalized spacial score (nSPS) is 11.7. The van der Waals surface area contributed by atoms with Crippen molar-refractivity contribution in [1.29, 1.82) is 0 Å². The van der Waals surface area contributed by atoms with Gasteiger partial charge in [-0.3, -0.25) is 9.98 Å². The fourth-order valence-corrected chi connectivity index (χ4v) is 6.44. The molecule has 0 spiro atoms. The second-order valence-electron chi connectivity index (χ2n) is 11.9. The first-order valence-corrected chi connectivity index (χ1v) is 20.3. The summed E-state index contributed by atoms with van der Waals surface area (Å²) in [4.78, 5) is 8.44. The first kappa shape index (κ1) is 42.0. The van der Waals surface area contributed by atoms with Gasteiger partial charge in [-0.25, -0.2) is 26.2 Å². The number of aromatic hydroxyl groups is 4. The third-order valence-electron chi connectivity index (χ3n) is 8.03. The Labute approximate surface area is 328 Å². The quantitative estimate of drug-likeness (QED) is 0.118. The molecule has 0 aliphatic rings. The van der Waals surface area contributed by atoms with E-state index >= 15 is 0 Å². The van der Waals surface area contributed by atoms with Crippen molar-refractivity contribution in [3.8, 4) is 34.6 Å². The minimum Gasteiger partial charge on any atom is -0.506 e. The Hall–Kier alpha value is -5.75. The van der Waals surface area contributed by atoms with Crippen molar-refractivity contribution < 1.29 is 54.0 Å². The smallest absolute Gasteiger partial charge is 0.223 e. The molecule has 2 heterocycles. The topological polar surface area (TPSA) is 210 Å². The van der Waals surface area contributed by atoms with E-state index in [1.807, 2.05) is 74.5 Å². The molecular formula is C38H38CoN6O8S2. The molecule has 6 rings (SSSR count). The number of aryl methyl sites for hydroxylation is 2. The van der Waals surface area contributed by atoms with Gasteiger partial charge in [-0.2, -0.15) is 10.2 Å². The van der Waals surface area contributed by atoms with Gasteiger partial charge in [0.1, 0.15) is 22.9 Å². The maximum absolute atomic E-state index is 11.7. The molecule has 0 atom stereocenters. The fraction of sp³-hybridized carbons (Fsp3) is 0.158. The maximum Gasteiger partial charge on any atom is 0.223 e. The molecule has 14 nitrogen and oxygen atoms in total. The number of phenols is 2. The molecular weight excluding hydrogens is 792 g/mol. The molecule has 0 saturated carbocycles. The van der Waals surface area contributed by atoms with Gasteiger partial charge in [-0.15, -0.1) is 0 Å². The Morgan fingerprint density at radius 1 is 0.582 bits per heavy atom. The number of benzene rings is 4. The summed E-state index contributed by atoms with van der Waals surface area (Å²) in [6.07, 6.45) is 6.03. The fourth-order valence-electron chi connectivity index (χ4n) is 5.16. The predicted molar refractivity (Wildman–Crippen MR) is 206 cm³/mol. The van der Waals surface area contributed by atoms with Crippen LogP contribution in [0.1, 0.15) is 36.4 Å². The van der Waals surface area contributed by atoms with Crippen molar-refractivity contribution >= 4 is 43.5 Å². The van der Waals surface area contributed by atoms with Gasteiger partial charge in [0.2, 0.25) is 11.8 Å². The Balaban J connectivity index is 0.000000240. The number of aromatic nitrogens is 4. The van der Waals surface area contributed by atoms with Crippen LogP contribution in [0.3, 0.4) is 0 Å². The summed E-state index contributed by atoms with van der Waals surface area (Å²) in [6.45, 7) is 3.80. The van der Waals surface area contributed by atoms with Crippen LogP contribution >= 0.6 is 0 Å². The van der Waals surface area contributed by atoms with Crippen LogP contribution in [0.2, 0.25) is 0 Å². The molecule has 0 aliphatic carbocycles. The van der Waals surface area contributed by atoms with E-state index in [1.165, 1.54) is 58.2 Å². The molecule has 0 saturated heterocycles. The van der Waals surface area contributed by atoms with Crippen molar-refractivity contribution in [1.82, 2.24) is 19.6 Å². The van der Waals surface area contributed by atoms with Crippen molar-refractivity contribution in [3.05, 3.63) is 120 Å². The van der Waals surface area contributed by atoms with Crippen LogP contribution in [-0.2, 0) is 49.3 Å². The molecule has 289 valence electrons. The van der Waals surface area contributed by atoms with E-state index < -0.39 is 19.7 Å². The summed E-state index contributed by atoms with van der Waals surface area (Å²) in [5.41, 5.74) is 3.64. The summed E-state index contributed by atoms with van der Waals surface area (Å²) >= 11 is 0. The first-order valence-electron chi connectivity index (χ1n) is 16.5. The Kier molecular flexibility index (Phi) is 13.4. The zero-order chi connectivity index (χ0) is 39.2.